The van der Waals surface area contributed by atoms with E-state index in [0.717, 1.165) is 10.0 Å². The van der Waals surface area contributed by atoms with E-state index in [1.807, 2.05) is 0 Å². The predicted molar refractivity (Wildman–Crippen MR) is 54.7 cm³/mol. The van der Waals surface area contributed by atoms with Gasteiger partial charge >= 0.3 is 0 Å². The van der Waals surface area contributed by atoms with Crippen LogP contribution in [0, 0.1) is 0 Å². The number of fused-ring (bicyclic) bond motifs is 1. The third-order valence-electron chi connectivity index (χ3n) is 2.08. The molecule has 0 aliphatic carbocycles. The van der Waals surface area contributed by atoms with Crippen molar-refractivity contribution in [3.63, 3.8) is 0 Å². The molecule has 1 heterocycles. The van der Waals surface area contributed by atoms with E-state index in [2.05, 4.69) is 20.7 Å². The molecule has 76 valence electrons. The van der Waals surface area contributed by atoms with Gasteiger partial charge in [0, 0.05) is 12.6 Å². The first-order chi connectivity index (χ1) is 6.54. The molecule has 1 aromatic rings. The van der Waals surface area contributed by atoms with Crippen molar-refractivity contribution >= 4 is 26.0 Å². The van der Waals surface area contributed by atoms with Crippen LogP contribution in [-0.4, -0.2) is 15.5 Å². The first kappa shape index (κ1) is 9.95. The minimum atomic E-state index is -3.31. The van der Waals surface area contributed by atoms with Crippen molar-refractivity contribution in [2.24, 2.45) is 0 Å². The number of ether oxygens (including phenoxy) is 1. The molecule has 6 heteroatoms. The molecule has 1 aliphatic heterocycles. The third kappa shape index (κ3) is 1.43. The van der Waals surface area contributed by atoms with Gasteiger partial charge in [0.1, 0.15) is 5.75 Å². The Bertz CT molecular complexity index is 484. The molecule has 0 bridgehead atoms. The lowest BCUT2D eigenvalue weighted by atomic mass is 10.2. The van der Waals surface area contributed by atoms with Gasteiger partial charge in [0.05, 0.1) is 16.5 Å². The fourth-order valence-corrected chi connectivity index (χ4v) is 3.16. The summed E-state index contributed by atoms with van der Waals surface area (Å²) >= 11 is 3.30. The number of halogens is 1. The van der Waals surface area contributed by atoms with Crippen LogP contribution >= 0.6 is 15.9 Å². The third-order valence-corrected chi connectivity index (χ3v) is 4.18. The predicted octanol–water partition coefficient (Wildman–Crippen LogP) is 1.25. The van der Waals surface area contributed by atoms with Crippen molar-refractivity contribution in [2.45, 2.75) is 11.4 Å². The zero-order valence-corrected chi connectivity index (χ0v) is 9.78. The number of benzene rings is 1. The average Bonchev–Trinajstić information content (AvgIpc) is 2.41. The van der Waals surface area contributed by atoms with E-state index in [1.54, 1.807) is 6.07 Å². The molecular weight excluding hydrogens is 270 g/mol. The summed E-state index contributed by atoms with van der Waals surface area (Å²) in [5.41, 5.74) is 0.762. The zero-order valence-electron chi connectivity index (χ0n) is 7.37. The van der Waals surface area contributed by atoms with Crippen LogP contribution in [-0.2, 0) is 16.6 Å². The highest BCUT2D eigenvalue weighted by Gasteiger charge is 2.26. The van der Waals surface area contributed by atoms with Crippen LogP contribution in [0.2, 0.25) is 0 Å². The molecule has 0 fully saturated rings. The lowest BCUT2D eigenvalue weighted by Crippen LogP contribution is -2.13. The Morgan fingerprint density at radius 2 is 2.21 bits per heavy atom. The Morgan fingerprint density at radius 1 is 1.50 bits per heavy atom. The van der Waals surface area contributed by atoms with Gasteiger partial charge in [-0.25, -0.2) is 13.1 Å². The van der Waals surface area contributed by atoms with E-state index < -0.39 is 10.0 Å². The van der Waals surface area contributed by atoms with Crippen molar-refractivity contribution in [2.75, 3.05) is 7.11 Å². The van der Waals surface area contributed by atoms with Gasteiger partial charge in [-0.2, -0.15) is 0 Å². The molecule has 14 heavy (non-hydrogen) atoms. The Kier molecular flexibility index (Phi) is 2.29. The Hall–Kier alpha value is -0.590. The van der Waals surface area contributed by atoms with Gasteiger partial charge in [-0.05, 0) is 27.6 Å². The lowest BCUT2D eigenvalue weighted by Gasteiger charge is -2.04. The molecule has 0 unspecified atom stereocenters. The molecule has 0 saturated heterocycles. The molecule has 1 aromatic carbocycles. The van der Waals surface area contributed by atoms with E-state index in [-0.39, 0.29) is 0 Å². The Labute approximate surface area is 90.4 Å². The van der Waals surface area contributed by atoms with Gasteiger partial charge in [0.25, 0.3) is 0 Å². The van der Waals surface area contributed by atoms with Crippen molar-refractivity contribution in [1.82, 2.24) is 4.72 Å². The number of sulfonamides is 1. The maximum absolute atomic E-state index is 11.5. The minimum Gasteiger partial charge on any atom is -0.496 e. The van der Waals surface area contributed by atoms with Gasteiger partial charge in [-0.15, -0.1) is 0 Å². The largest absolute Gasteiger partial charge is 0.496 e. The number of hydrogen-bond donors (Lipinski definition) is 1. The first-order valence-corrected chi connectivity index (χ1v) is 6.18. The summed E-state index contributed by atoms with van der Waals surface area (Å²) < 4.78 is 31.1. The molecule has 1 N–H and O–H groups in total. The van der Waals surface area contributed by atoms with E-state index in [0.29, 0.717) is 17.2 Å². The monoisotopic (exact) mass is 277 g/mol. The van der Waals surface area contributed by atoms with Gasteiger partial charge in [0.2, 0.25) is 10.0 Å². The van der Waals surface area contributed by atoms with Crippen molar-refractivity contribution in [3.8, 4) is 5.75 Å². The van der Waals surface area contributed by atoms with Crippen molar-refractivity contribution in [3.05, 3.63) is 22.2 Å². The fourth-order valence-electron chi connectivity index (χ4n) is 1.37. The van der Waals surface area contributed by atoms with Crippen LogP contribution in [0.3, 0.4) is 0 Å². The van der Waals surface area contributed by atoms with Crippen molar-refractivity contribution < 1.29 is 13.2 Å². The van der Waals surface area contributed by atoms with Crippen LogP contribution in [0.4, 0.5) is 0 Å². The molecule has 0 saturated carbocycles. The average molecular weight is 278 g/mol. The number of rotatable bonds is 1. The summed E-state index contributed by atoms with van der Waals surface area (Å²) in [7, 11) is -1.80. The number of nitrogens with one attached hydrogen (secondary N) is 1. The van der Waals surface area contributed by atoms with Gasteiger partial charge in [-0.3, -0.25) is 0 Å². The van der Waals surface area contributed by atoms with Crippen LogP contribution in [0.1, 0.15) is 5.56 Å². The molecular formula is C8H8BrNO3S. The molecule has 0 amide bonds. The van der Waals surface area contributed by atoms with Crippen LogP contribution < -0.4 is 9.46 Å². The molecule has 0 spiro atoms. The smallest absolute Gasteiger partial charge is 0.241 e. The zero-order chi connectivity index (χ0) is 10.3. The van der Waals surface area contributed by atoms with Crippen molar-refractivity contribution in [1.29, 1.82) is 0 Å². The molecule has 0 radical (unpaired) electrons. The Morgan fingerprint density at radius 3 is 2.86 bits per heavy atom. The fraction of sp³-hybridized carbons (Fsp3) is 0.250. The maximum atomic E-state index is 11.5. The highest BCUT2D eigenvalue weighted by atomic mass is 79.9. The number of hydrogen-bond acceptors (Lipinski definition) is 3. The van der Waals surface area contributed by atoms with E-state index >= 15 is 0 Å². The van der Waals surface area contributed by atoms with Gasteiger partial charge in [0.15, 0.2) is 0 Å². The Balaban J connectivity index is 2.68. The standard InChI is InChI=1S/C8H8BrNO3S/c1-13-7-3-8-5(2-6(7)9)4-10-14(8,11)12/h2-3,10H,4H2,1H3. The summed E-state index contributed by atoms with van der Waals surface area (Å²) in [4.78, 5) is 0.303. The van der Waals surface area contributed by atoms with E-state index in [1.165, 1.54) is 13.2 Å². The highest BCUT2D eigenvalue weighted by molar-refractivity contribution is 9.10. The molecule has 0 aromatic heterocycles. The quantitative estimate of drug-likeness (QED) is 0.841. The summed E-state index contributed by atoms with van der Waals surface area (Å²) in [6.07, 6.45) is 0. The summed E-state index contributed by atoms with van der Waals surface area (Å²) in [6.45, 7) is 0.347. The van der Waals surface area contributed by atoms with E-state index in [4.69, 9.17) is 4.74 Å². The lowest BCUT2D eigenvalue weighted by molar-refractivity contribution is 0.410. The topological polar surface area (TPSA) is 55.4 Å². The maximum Gasteiger partial charge on any atom is 0.241 e. The first-order valence-electron chi connectivity index (χ1n) is 3.90. The normalized spacial score (nSPS) is 17.9. The van der Waals surface area contributed by atoms with Gasteiger partial charge < -0.3 is 4.74 Å². The second-order valence-electron chi connectivity index (χ2n) is 2.92. The second kappa shape index (κ2) is 3.22. The highest BCUT2D eigenvalue weighted by Crippen LogP contribution is 2.33. The van der Waals surface area contributed by atoms with Crippen LogP contribution in [0.25, 0.3) is 0 Å². The molecule has 1 aliphatic rings. The summed E-state index contributed by atoms with van der Waals surface area (Å²) in [5, 5.41) is 0. The van der Waals surface area contributed by atoms with Crippen LogP contribution in [0.5, 0.6) is 5.75 Å². The number of methoxy groups -OCH3 is 1. The summed E-state index contributed by atoms with van der Waals surface area (Å²) in [5.74, 6) is 0.524. The second-order valence-corrected chi connectivity index (χ2v) is 5.51. The molecule has 0 atom stereocenters. The SMILES string of the molecule is COc1cc2c(cc1Br)CNS2(=O)=O. The molecule has 4 nitrogen and oxygen atoms in total. The van der Waals surface area contributed by atoms with Crippen LogP contribution in [0.15, 0.2) is 21.5 Å². The summed E-state index contributed by atoms with van der Waals surface area (Å²) in [6, 6.07) is 3.28. The van der Waals surface area contributed by atoms with Gasteiger partial charge in [-0.1, -0.05) is 0 Å². The molecule has 2 rings (SSSR count). The van der Waals surface area contributed by atoms with E-state index in [9.17, 15) is 8.42 Å². The minimum absolute atomic E-state index is 0.303.